The molecule has 3 rings (SSSR count). The van der Waals surface area contributed by atoms with Gasteiger partial charge >= 0.3 is 0 Å². The zero-order chi connectivity index (χ0) is 20.1. The first-order valence-electron chi connectivity index (χ1n) is 9.17. The van der Waals surface area contributed by atoms with Gasteiger partial charge in [0.2, 0.25) is 0 Å². The van der Waals surface area contributed by atoms with Gasteiger partial charge in [-0.05, 0) is 56.7 Å². The number of nitrogens with one attached hydrogen (secondary N) is 1. The summed E-state index contributed by atoms with van der Waals surface area (Å²) in [6.07, 6.45) is 0.0726. The molecule has 0 radical (unpaired) electrons. The van der Waals surface area contributed by atoms with Crippen LogP contribution in [-0.4, -0.2) is 21.8 Å². The molecule has 2 aromatic carbocycles. The van der Waals surface area contributed by atoms with Crippen molar-refractivity contribution in [2.45, 2.75) is 32.9 Å². The first-order chi connectivity index (χ1) is 13.4. The Morgan fingerprint density at radius 3 is 2.46 bits per heavy atom. The highest BCUT2D eigenvalue weighted by Crippen LogP contribution is 2.20. The predicted octanol–water partition coefficient (Wildman–Crippen LogP) is 3.51. The third-order valence-electron chi connectivity index (χ3n) is 4.11. The molecule has 0 aliphatic carbocycles. The summed E-state index contributed by atoms with van der Waals surface area (Å²) in [5.41, 5.74) is 1.40. The first kappa shape index (κ1) is 19.4. The monoisotopic (exact) mass is 377 g/mol. The van der Waals surface area contributed by atoms with Crippen LogP contribution in [0.5, 0.6) is 5.75 Å². The van der Waals surface area contributed by atoms with E-state index in [4.69, 9.17) is 4.74 Å². The van der Waals surface area contributed by atoms with Crippen LogP contribution >= 0.6 is 0 Å². The quantitative estimate of drug-likeness (QED) is 0.713. The van der Waals surface area contributed by atoms with Gasteiger partial charge in [-0.2, -0.15) is 9.78 Å². The number of benzene rings is 2. The molecule has 1 atom stereocenters. The SMILES string of the molecule is CC(C)Oc1cccc(C(C)NC(=O)c2ccc(=O)n(-c3ccccc3)n2)c1. The molecule has 6 nitrogen and oxygen atoms in total. The number of hydrogen-bond acceptors (Lipinski definition) is 4. The molecule has 3 aromatic rings. The zero-order valence-corrected chi connectivity index (χ0v) is 16.1. The number of nitrogens with zero attached hydrogens (tertiary/aromatic N) is 2. The van der Waals surface area contributed by atoms with Gasteiger partial charge in [0.1, 0.15) is 11.4 Å². The Hall–Kier alpha value is -3.41. The summed E-state index contributed by atoms with van der Waals surface area (Å²) in [5.74, 6) is 0.400. The van der Waals surface area contributed by atoms with E-state index in [1.807, 2.05) is 63.2 Å². The van der Waals surface area contributed by atoms with E-state index in [0.29, 0.717) is 5.69 Å². The molecule has 0 fully saturated rings. The second-order valence-corrected chi connectivity index (χ2v) is 6.74. The van der Waals surface area contributed by atoms with Gasteiger partial charge in [-0.15, -0.1) is 0 Å². The van der Waals surface area contributed by atoms with Crippen LogP contribution in [0.2, 0.25) is 0 Å². The van der Waals surface area contributed by atoms with Crippen LogP contribution in [0.3, 0.4) is 0 Å². The van der Waals surface area contributed by atoms with Crippen molar-refractivity contribution in [2.24, 2.45) is 0 Å². The summed E-state index contributed by atoms with van der Waals surface area (Å²) in [6.45, 7) is 5.82. The van der Waals surface area contributed by atoms with Crippen LogP contribution < -0.4 is 15.6 Å². The van der Waals surface area contributed by atoms with Crippen LogP contribution in [0.15, 0.2) is 71.5 Å². The number of carbonyl (C=O) groups is 1. The van der Waals surface area contributed by atoms with E-state index >= 15 is 0 Å². The van der Waals surface area contributed by atoms with E-state index in [9.17, 15) is 9.59 Å². The topological polar surface area (TPSA) is 73.2 Å². The van der Waals surface area contributed by atoms with E-state index in [-0.39, 0.29) is 29.3 Å². The maximum absolute atomic E-state index is 12.7. The first-order valence-corrected chi connectivity index (χ1v) is 9.17. The molecule has 1 unspecified atom stereocenters. The number of rotatable bonds is 6. The van der Waals surface area contributed by atoms with E-state index < -0.39 is 0 Å². The van der Waals surface area contributed by atoms with Crippen molar-refractivity contribution in [2.75, 3.05) is 0 Å². The fourth-order valence-electron chi connectivity index (χ4n) is 2.77. The molecule has 0 aliphatic heterocycles. The number of ether oxygens (including phenoxy) is 1. The average molecular weight is 377 g/mol. The van der Waals surface area contributed by atoms with Crippen molar-refractivity contribution >= 4 is 5.91 Å². The molecule has 1 amide bonds. The van der Waals surface area contributed by atoms with Crippen LogP contribution in [0.1, 0.15) is 42.9 Å². The lowest BCUT2D eigenvalue weighted by molar-refractivity contribution is 0.0933. The molecule has 0 aliphatic rings. The Kier molecular flexibility index (Phi) is 5.89. The fourth-order valence-corrected chi connectivity index (χ4v) is 2.77. The molecule has 28 heavy (non-hydrogen) atoms. The summed E-state index contributed by atoms with van der Waals surface area (Å²) in [5, 5.41) is 7.13. The van der Waals surface area contributed by atoms with Crippen molar-refractivity contribution in [1.29, 1.82) is 0 Å². The highest BCUT2D eigenvalue weighted by atomic mass is 16.5. The normalized spacial score (nSPS) is 11.9. The largest absolute Gasteiger partial charge is 0.491 e. The Labute approximate surface area is 163 Å². The fraction of sp³-hybridized carbons (Fsp3) is 0.227. The maximum Gasteiger partial charge on any atom is 0.272 e. The summed E-state index contributed by atoms with van der Waals surface area (Å²) in [7, 11) is 0. The van der Waals surface area contributed by atoms with Crippen molar-refractivity contribution in [1.82, 2.24) is 15.1 Å². The summed E-state index contributed by atoms with van der Waals surface area (Å²) < 4.78 is 6.93. The van der Waals surface area contributed by atoms with Crippen LogP contribution in [0, 0.1) is 0 Å². The predicted molar refractivity (Wildman–Crippen MR) is 108 cm³/mol. The van der Waals surface area contributed by atoms with Crippen molar-refractivity contribution in [3.63, 3.8) is 0 Å². The zero-order valence-electron chi connectivity index (χ0n) is 16.1. The molecule has 0 bridgehead atoms. The molecule has 1 heterocycles. The average Bonchev–Trinajstić information content (AvgIpc) is 2.68. The molecule has 1 aromatic heterocycles. The van der Waals surface area contributed by atoms with Crippen LogP contribution in [0.4, 0.5) is 0 Å². The minimum atomic E-state index is -0.354. The highest BCUT2D eigenvalue weighted by molar-refractivity contribution is 5.92. The molecule has 1 N–H and O–H groups in total. The number of carbonyl (C=O) groups excluding carboxylic acids is 1. The van der Waals surface area contributed by atoms with E-state index in [2.05, 4.69) is 10.4 Å². The number of para-hydroxylation sites is 1. The lowest BCUT2D eigenvalue weighted by atomic mass is 10.1. The summed E-state index contributed by atoms with van der Waals surface area (Å²) in [6, 6.07) is 19.1. The Morgan fingerprint density at radius 1 is 1.00 bits per heavy atom. The maximum atomic E-state index is 12.7. The third kappa shape index (κ3) is 4.65. The molecule has 0 spiro atoms. The minimum absolute atomic E-state index is 0.0726. The van der Waals surface area contributed by atoms with E-state index in [1.54, 1.807) is 12.1 Å². The molecule has 0 saturated carbocycles. The van der Waals surface area contributed by atoms with Crippen molar-refractivity contribution in [3.8, 4) is 11.4 Å². The van der Waals surface area contributed by atoms with Gasteiger partial charge in [0.15, 0.2) is 0 Å². The van der Waals surface area contributed by atoms with Gasteiger partial charge in [0.25, 0.3) is 11.5 Å². The summed E-state index contributed by atoms with van der Waals surface area (Å²) >= 11 is 0. The van der Waals surface area contributed by atoms with Gasteiger partial charge in [0, 0.05) is 6.07 Å². The van der Waals surface area contributed by atoms with Crippen molar-refractivity contribution in [3.05, 3.63) is 88.3 Å². The molecule has 6 heteroatoms. The number of hydrogen-bond donors (Lipinski definition) is 1. The highest BCUT2D eigenvalue weighted by Gasteiger charge is 2.15. The Morgan fingerprint density at radius 2 is 1.75 bits per heavy atom. The molecular formula is C22H23N3O3. The van der Waals surface area contributed by atoms with Gasteiger partial charge in [-0.3, -0.25) is 9.59 Å². The minimum Gasteiger partial charge on any atom is -0.491 e. The second-order valence-electron chi connectivity index (χ2n) is 6.74. The second kappa shape index (κ2) is 8.52. The van der Waals surface area contributed by atoms with Gasteiger partial charge in [-0.1, -0.05) is 30.3 Å². The lowest BCUT2D eigenvalue weighted by Gasteiger charge is -2.16. The van der Waals surface area contributed by atoms with Crippen LogP contribution in [0.25, 0.3) is 5.69 Å². The smallest absolute Gasteiger partial charge is 0.272 e. The van der Waals surface area contributed by atoms with E-state index in [0.717, 1.165) is 11.3 Å². The van der Waals surface area contributed by atoms with Crippen molar-refractivity contribution < 1.29 is 9.53 Å². The van der Waals surface area contributed by atoms with Gasteiger partial charge in [-0.25, -0.2) is 0 Å². The standard InChI is InChI=1S/C22H23N3O3/c1-15(2)28-19-11-7-8-17(14-19)16(3)23-22(27)20-12-13-21(26)25(24-20)18-9-5-4-6-10-18/h4-16H,1-3H3,(H,23,27). The Bertz CT molecular complexity index is 1010. The molecule has 144 valence electrons. The van der Waals surface area contributed by atoms with Crippen LogP contribution in [-0.2, 0) is 0 Å². The van der Waals surface area contributed by atoms with Gasteiger partial charge in [0.05, 0.1) is 17.8 Å². The number of aromatic nitrogens is 2. The third-order valence-corrected chi connectivity index (χ3v) is 4.11. The number of amides is 1. The molecule has 0 saturated heterocycles. The molecular weight excluding hydrogens is 354 g/mol. The Balaban J connectivity index is 1.79. The van der Waals surface area contributed by atoms with E-state index in [1.165, 1.54) is 16.8 Å². The van der Waals surface area contributed by atoms with Gasteiger partial charge < -0.3 is 10.1 Å². The lowest BCUT2D eigenvalue weighted by Crippen LogP contribution is -2.30. The summed E-state index contributed by atoms with van der Waals surface area (Å²) in [4.78, 5) is 24.8.